The van der Waals surface area contributed by atoms with Crippen molar-refractivity contribution in [3.8, 4) is 0 Å². The number of aromatic amines is 1. The van der Waals surface area contributed by atoms with Gasteiger partial charge in [0.15, 0.2) is 4.21 Å². The van der Waals surface area contributed by atoms with Crippen molar-refractivity contribution in [3.63, 3.8) is 0 Å². The molecule has 7 heteroatoms. The molecular formula is C11H18N2O3S2. The van der Waals surface area contributed by atoms with Crippen molar-refractivity contribution in [2.24, 2.45) is 5.41 Å². The smallest absolute Gasteiger partial charge is 0.305 e. The summed E-state index contributed by atoms with van der Waals surface area (Å²) >= 11 is 0.743. The molecule has 0 saturated heterocycles. The van der Waals surface area contributed by atoms with E-state index in [4.69, 9.17) is 0 Å². The number of hydrogen-bond acceptors (Lipinski definition) is 4. The number of rotatable bonds is 3. The Balaban J connectivity index is 2.28. The first kappa shape index (κ1) is 13.8. The van der Waals surface area contributed by atoms with Crippen LogP contribution in [0, 0.1) is 12.3 Å². The monoisotopic (exact) mass is 290 g/mol. The third-order valence-electron chi connectivity index (χ3n) is 3.58. The predicted molar refractivity (Wildman–Crippen MR) is 71.4 cm³/mol. The van der Waals surface area contributed by atoms with Gasteiger partial charge in [-0.15, -0.1) is 0 Å². The first-order chi connectivity index (χ1) is 8.22. The fourth-order valence-electron chi connectivity index (χ4n) is 2.43. The molecule has 1 atom stereocenters. The van der Waals surface area contributed by atoms with Crippen LogP contribution in [0.1, 0.15) is 38.8 Å². The fraction of sp³-hybridized carbons (Fsp3) is 0.727. The summed E-state index contributed by atoms with van der Waals surface area (Å²) in [5.74, 6) is 0. The lowest BCUT2D eigenvalue weighted by molar-refractivity contribution is 0.313. The number of aryl methyl sites for hydroxylation is 1. The number of sulfonamides is 1. The Morgan fingerprint density at radius 3 is 2.56 bits per heavy atom. The van der Waals surface area contributed by atoms with Gasteiger partial charge in [-0.25, -0.2) is 13.1 Å². The van der Waals surface area contributed by atoms with Crippen molar-refractivity contribution in [1.29, 1.82) is 0 Å². The highest BCUT2D eigenvalue weighted by atomic mass is 32.2. The predicted octanol–water partition coefficient (Wildman–Crippen LogP) is 1.60. The van der Waals surface area contributed by atoms with Gasteiger partial charge in [0.1, 0.15) is 0 Å². The normalized spacial score (nSPS) is 23.4. The van der Waals surface area contributed by atoms with E-state index >= 15 is 0 Å². The largest absolute Gasteiger partial charge is 0.315 e. The minimum absolute atomic E-state index is 0.0256. The van der Waals surface area contributed by atoms with Gasteiger partial charge in [-0.1, -0.05) is 31.6 Å². The number of hydrogen-bond donors (Lipinski definition) is 2. The third kappa shape index (κ3) is 2.53. The fourth-order valence-corrected chi connectivity index (χ4v) is 5.19. The third-order valence-corrected chi connectivity index (χ3v) is 6.66. The van der Waals surface area contributed by atoms with E-state index in [1.54, 1.807) is 6.92 Å². The molecule has 1 fully saturated rings. The Labute approximate surface area is 111 Å². The summed E-state index contributed by atoms with van der Waals surface area (Å²) in [6.07, 6.45) is 2.90. The van der Waals surface area contributed by atoms with Crippen molar-refractivity contribution < 1.29 is 8.42 Å². The van der Waals surface area contributed by atoms with Gasteiger partial charge in [0.05, 0.1) is 0 Å². The van der Waals surface area contributed by atoms with Crippen LogP contribution in [0.5, 0.6) is 0 Å². The molecule has 5 nitrogen and oxygen atoms in total. The van der Waals surface area contributed by atoms with E-state index in [0.29, 0.717) is 5.69 Å². The Morgan fingerprint density at radius 2 is 2.11 bits per heavy atom. The minimum Gasteiger partial charge on any atom is -0.315 e. The molecule has 1 unspecified atom stereocenters. The van der Waals surface area contributed by atoms with E-state index in [1.165, 1.54) is 0 Å². The summed E-state index contributed by atoms with van der Waals surface area (Å²) in [5.41, 5.74) is 0.385. The summed E-state index contributed by atoms with van der Waals surface area (Å²) in [5, 5.41) is 0. The van der Waals surface area contributed by atoms with Gasteiger partial charge in [-0.05, 0) is 25.2 Å². The maximum atomic E-state index is 12.3. The lowest BCUT2D eigenvalue weighted by Crippen LogP contribution is -2.41. The van der Waals surface area contributed by atoms with E-state index in [1.807, 2.05) is 0 Å². The summed E-state index contributed by atoms with van der Waals surface area (Å²) in [6, 6.07) is -0.0564. The van der Waals surface area contributed by atoms with Crippen molar-refractivity contribution >= 4 is 21.4 Å². The molecule has 0 radical (unpaired) electrons. The van der Waals surface area contributed by atoms with Crippen molar-refractivity contribution in [2.75, 3.05) is 0 Å². The zero-order chi connectivity index (χ0) is 13.6. The van der Waals surface area contributed by atoms with Crippen LogP contribution in [0.3, 0.4) is 0 Å². The van der Waals surface area contributed by atoms with Gasteiger partial charge >= 0.3 is 4.87 Å². The van der Waals surface area contributed by atoms with Gasteiger partial charge in [0.2, 0.25) is 0 Å². The van der Waals surface area contributed by atoms with E-state index in [9.17, 15) is 13.2 Å². The summed E-state index contributed by atoms with van der Waals surface area (Å²) in [4.78, 5) is 13.4. The lowest BCUT2D eigenvalue weighted by atomic mass is 9.88. The maximum Gasteiger partial charge on any atom is 0.305 e. The molecule has 0 aromatic carbocycles. The summed E-state index contributed by atoms with van der Waals surface area (Å²) in [7, 11) is -3.59. The SMILES string of the molecule is Cc1[nH]c(=O)sc1S(=O)(=O)NC1CCCC1(C)C. The highest BCUT2D eigenvalue weighted by molar-refractivity contribution is 7.91. The molecule has 1 aromatic rings. The molecule has 1 aromatic heterocycles. The molecule has 0 amide bonds. The van der Waals surface area contributed by atoms with Crippen LogP contribution in [0.25, 0.3) is 0 Å². The molecule has 0 bridgehead atoms. The van der Waals surface area contributed by atoms with Gasteiger partial charge in [0, 0.05) is 11.7 Å². The van der Waals surface area contributed by atoms with Crippen molar-refractivity contribution in [1.82, 2.24) is 9.71 Å². The minimum atomic E-state index is -3.59. The second kappa shape index (κ2) is 4.47. The second-order valence-electron chi connectivity index (χ2n) is 5.48. The number of H-pyrrole nitrogens is 1. The highest BCUT2D eigenvalue weighted by Crippen LogP contribution is 2.38. The van der Waals surface area contributed by atoms with Gasteiger partial charge in [-0.2, -0.15) is 0 Å². The van der Waals surface area contributed by atoms with Crippen LogP contribution in [-0.4, -0.2) is 19.4 Å². The molecule has 2 N–H and O–H groups in total. The number of nitrogens with one attached hydrogen (secondary N) is 2. The molecular weight excluding hydrogens is 272 g/mol. The highest BCUT2D eigenvalue weighted by Gasteiger charge is 2.38. The van der Waals surface area contributed by atoms with Gasteiger partial charge < -0.3 is 4.98 Å². The quantitative estimate of drug-likeness (QED) is 0.887. The van der Waals surface area contributed by atoms with Crippen LogP contribution in [0.15, 0.2) is 9.00 Å². The van der Waals surface area contributed by atoms with Crippen LogP contribution in [0.2, 0.25) is 0 Å². The topological polar surface area (TPSA) is 79.0 Å². The molecule has 1 aliphatic carbocycles. The molecule has 0 aliphatic heterocycles. The maximum absolute atomic E-state index is 12.3. The first-order valence-electron chi connectivity index (χ1n) is 5.94. The first-order valence-corrected chi connectivity index (χ1v) is 8.24. The van der Waals surface area contributed by atoms with E-state index in [2.05, 4.69) is 23.6 Å². The molecule has 1 saturated carbocycles. The number of thiazole rings is 1. The zero-order valence-electron chi connectivity index (χ0n) is 10.7. The molecule has 2 rings (SSSR count). The van der Waals surface area contributed by atoms with Crippen molar-refractivity contribution in [3.05, 3.63) is 15.4 Å². The Kier molecular flexibility index (Phi) is 3.42. The molecule has 0 spiro atoms. The van der Waals surface area contributed by atoms with Crippen LogP contribution >= 0.6 is 11.3 Å². The Hall–Kier alpha value is -0.660. The van der Waals surface area contributed by atoms with Crippen LogP contribution < -0.4 is 9.60 Å². The van der Waals surface area contributed by atoms with Crippen LogP contribution in [0.4, 0.5) is 0 Å². The summed E-state index contributed by atoms with van der Waals surface area (Å²) in [6.45, 7) is 5.74. The second-order valence-corrected chi connectivity index (χ2v) is 8.37. The molecule has 1 heterocycles. The van der Waals surface area contributed by atoms with Gasteiger partial charge in [-0.3, -0.25) is 4.79 Å². The Morgan fingerprint density at radius 1 is 1.44 bits per heavy atom. The molecule has 102 valence electrons. The number of aromatic nitrogens is 1. The lowest BCUT2D eigenvalue weighted by Gasteiger charge is -2.27. The molecule has 18 heavy (non-hydrogen) atoms. The van der Waals surface area contributed by atoms with E-state index in [0.717, 1.165) is 30.6 Å². The average molecular weight is 290 g/mol. The van der Waals surface area contributed by atoms with Crippen LogP contribution in [-0.2, 0) is 10.0 Å². The van der Waals surface area contributed by atoms with E-state index in [-0.39, 0.29) is 20.5 Å². The van der Waals surface area contributed by atoms with Gasteiger partial charge in [0.25, 0.3) is 10.0 Å². The zero-order valence-corrected chi connectivity index (χ0v) is 12.4. The van der Waals surface area contributed by atoms with E-state index < -0.39 is 10.0 Å². The summed E-state index contributed by atoms with van der Waals surface area (Å²) < 4.78 is 27.3. The standard InChI is InChI=1S/C11H18N2O3S2/c1-7-9(17-10(14)12-7)18(15,16)13-8-5-4-6-11(8,2)3/h8,13H,4-6H2,1-3H3,(H,12,14). The molecule has 1 aliphatic rings. The van der Waals surface area contributed by atoms with Crippen molar-refractivity contribution in [2.45, 2.75) is 50.3 Å². The Bertz CT molecular complexity index is 598. The average Bonchev–Trinajstić information content (AvgIpc) is 2.70.